The Morgan fingerprint density at radius 2 is 1.88 bits per heavy atom. The van der Waals surface area contributed by atoms with E-state index in [0.717, 1.165) is 23.1 Å². The molecule has 126 valence electrons. The van der Waals surface area contributed by atoms with Crippen LogP contribution in [0.1, 0.15) is 35.3 Å². The predicted molar refractivity (Wildman–Crippen MR) is 102 cm³/mol. The Labute approximate surface area is 148 Å². The van der Waals surface area contributed by atoms with Gasteiger partial charge in [-0.3, -0.25) is 9.79 Å². The average molecular weight is 331 g/mol. The van der Waals surface area contributed by atoms with Crippen molar-refractivity contribution in [1.29, 1.82) is 5.26 Å². The van der Waals surface area contributed by atoms with Crippen LogP contribution in [0.15, 0.2) is 58.7 Å². The average Bonchev–Trinajstić information content (AvgIpc) is 2.66. The number of nitrogens with two attached hydrogens (primary N) is 1. The summed E-state index contributed by atoms with van der Waals surface area (Å²) in [5, 5.41) is 9.18. The first-order chi connectivity index (χ1) is 12.0. The first-order valence-electron chi connectivity index (χ1n) is 8.04. The molecule has 4 nitrogen and oxygen atoms in total. The molecule has 0 aromatic heterocycles. The highest BCUT2D eigenvalue weighted by molar-refractivity contribution is 6.12. The fourth-order valence-corrected chi connectivity index (χ4v) is 2.56. The van der Waals surface area contributed by atoms with Crippen LogP contribution in [0, 0.1) is 11.3 Å². The number of aliphatic imine (C=N–C) groups is 1. The summed E-state index contributed by atoms with van der Waals surface area (Å²) in [5.41, 5.74) is 10.5. The Kier molecular flexibility index (Phi) is 5.99. The number of benzene rings is 2. The number of rotatable bonds is 6. The smallest absolute Gasteiger partial charge is 0.191 e. The monoisotopic (exact) mass is 331 g/mol. The van der Waals surface area contributed by atoms with E-state index in [4.69, 9.17) is 5.73 Å². The molecule has 0 amide bonds. The number of carbonyl (C=O) groups is 1. The lowest BCUT2D eigenvalue weighted by atomic mass is 9.91. The van der Waals surface area contributed by atoms with Gasteiger partial charge in [0.15, 0.2) is 5.78 Å². The summed E-state index contributed by atoms with van der Waals surface area (Å²) in [6.07, 6.45) is 0.811. The van der Waals surface area contributed by atoms with Crippen molar-refractivity contribution in [3.63, 3.8) is 0 Å². The van der Waals surface area contributed by atoms with Crippen LogP contribution in [0.4, 0.5) is 0 Å². The molecule has 0 saturated heterocycles. The van der Waals surface area contributed by atoms with Crippen LogP contribution in [0.5, 0.6) is 0 Å². The summed E-state index contributed by atoms with van der Waals surface area (Å²) < 4.78 is 0. The Morgan fingerprint density at radius 3 is 2.44 bits per heavy atom. The van der Waals surface area contributed by atoms with Crippen molar-refractivity contribution in [1.82, 2.24) is 0 Å². The zero-order valence-corrected chi connectivity index (χ0v) is 14.5. The van der Waals surface area contributed by atoms with Crippen LogP contribution in [0.3, 0.4) is 0 Å². The quantitative estimate of drug-likeness (QED) is 0.495. The Balaban J connectivity index is 2.57. The van der Waals surface area contributed by atoms with Crippen LogP contribution in [-0.2, 0) is 6.42 Å². The van der Waals surface area contributed by atoms with E-state index in [9.17, 15) is 10.1 Å². The van der Waals surface area contributed by atoms with Crippen LogP contribution in [-0.4, -0.2) is 19.0 Å². The second kappa shape index (κ2) is 8.18. The van der Waals surface area contributed by atoms with Crippen molar-refractivity contribution in [3.8, 4) is 17.2 Å². The number of allylic oxidation sites excluding steroid dienone is 2. The molecule has 0 atom stereocenters. The second-order valence-electron chi connectivity index (χ2n) is 5.81. The van der Waals surface area contributed by atoms with Crippen molar-refractivity contribution in [2.75, 3.05) is 6.54 Å². The Hall–Kier alpha value is -3.03. The minimum absolute atomic E-state index is 0.150. The highest BCUT2D eigenvalue weighted by Gasteiger charge is 2.17. The zero-order chi connectivity index (χ0) is 18.4. The largest absolute Gasteiger partial charge is 0.330 e. The molecule has 0 radical (unpaired) electrons. The number of Topliss-reactive ketones (excluding diaryl/α,β-unsaturated/α-hetero) is 1. The summed E-state index contributed by atoms with van der Waals surface area (Å²) in [6, 6.07) is 15.2. The SMILES string of the molecule is C=N/C(C)=C(\C)C(=O)c1cc(C#N)ccc1-c1ccc(CCN)cc1. The van der Waals surface area contributed by atoms with E-state index in [-0.39, 0.29) is 5.78 Å². The minimum atomic E-state index is -0.150. The van der Waals surface area contributed by atoms with E-state index in [1.54, 1.807) is 26.0 Å². The van der Waals surface area contributed by atoms with Gasteiger partial charge in [-0.1, -0.05) is 30.3 Å². The Bertz CT molecular complexity index is 871. The predicted octanol–water partition coefficient (Wildman–Crippen LogP) is 3.90. The number of ketones is 1. The first-order valence-corrected chi connectivity index (χ1v) is 8.04. The Morgan fingerprint density at radius 1 is 1.20 bits per heavy atom. The summed E-state index contributed by atoms with van der Waals surface area (Å²) in [4.78, 5) is 16.7. The maximum atomic E-state index is 12.9. The number of nitrogens with zero attached hydrogens (tertiary/aromatic N) is 2. The highest BCUT2D eigenvalue weighted by Crippen LogP contribution is 2.28. The molecule has 0 heterocycles. The molecule has 0 unspecified atom stereocenters. The number of hydrogen-bond donors (Lipinski definition) is 1. The molecule has 0 spiro atoms. The van der Waals surface area contributed by atoms with Crippen LogP contribution < -0.4 is 5.73 Å². The fourth-order valence-electron chi connectivity index (χ4n) is 2.56. The molecule has 2 rings (SSSR count). The van der Waals surface area contributed by atoms with Gasteiger partial charge in [0.1, 0.15) is 0 Å². The molecule has 0 aliphatic carbocycles. The lowest BCUT2D eigenvalue weighted by Crippen LogP contribution is -2.06. The molecule has 0 saturated carbocycles. The minimum Gasteiger partial charge on any atom is -0.330 e. The molecule has 0 bridgehead atoms. The van der Waals surface area contributed by atoms with E-state index in [1.165, 1.54) is 0 Å². The molecular formula is C21H21N3O. The molecule has 25 heavy (non-hydrogen) atoms. The van der Waals surface area contributed by atoms with Crippen molar-refractivity contribution >= 4 is 12.5 Å². The van der Waals surface area contributed by atoms with E-state index >= 15 is 0 Å². The van der Waals surface area contributed by atoms with Gasteiger partial charge >= 0.3 is 0 Å². The molecule has 2 aromatic rings. The molecule has 4 heteroatoms. The molecule has 2 aromatic carbocycles. The molecule has 0 aliphatic rings. The van der Waals surface area contributed by atoms with Crippen molar-refractivity contribution in [2.24, 2.45) is 10.7 Å². The highest BCUT2D eigenvalue weighted by atomic mass is 16.1. The van der Waals surface area contributed by atoms with Crippen LogP contribution in [0.2, 0.25) is 0 Å². The molecule has 0 fully saturated rings. The lowest BCUT2D eigenvalue weighted by Gasteiger charge is -2.11. The van der Waals surface area contributed by atoms with Gasteiger partial charge in [0.2, 0.25) is 0 Å². The summed E-state index contributed by atoms with van der Waals surface area (Å²) in [7, 11) is 0. The topological polar surface area (TPSA) is 79.2 Å². The maximum absolute atomic E-state index is 12.9. The van der Waals surface area contributed by atoms with Gasteiger partial charge in [-0.05, 0) is 62.4 Å². The van der Waals surface area contributed by atoms with Crippen LogP contribution in [0.25, 0.3) is 11.1 Å². The third-order valence-corrected chi connectivity index (χ3v) is 4.21. The zero-order valence-electron chi connectivity index (χ0n) is 14.5. The maximum Gasteiger partial charge on any atom is 0.191 e. The van der Waals surface area contributed by atoms with E-state index in [0.29, 0.717) is 28.9 Å². The van der Waals surface area contributed by atoms with Crippen LogP contribution >= 0.6 is 0 Å². The van der Waals surface area contributed by atoms with Gasteiger partial charge in [-0.25, -0.2) is 0 Å². The van der Waals surface area contributed by atoms with Crippen molar-refractivity contribution in [3.05, 3.63) is 70.4 Å². The third kappa shape index (κ3) is 4.09. The number of hydrogen-bond acceptors (Lipinski definition) is 4. The second-order valence-corrected chi connectivity index (χ2v) is 5.81. The number of nitriles is 1. The molecular weight excluding hydrogens is 310 g/mol. The summed E-state index contributed by atoms with van der Waals surface area (Å²) >= 11 is 0. The third-order valence-electron chi connectivity index (χ3n) is 4.21. The van der Waals surface area contributed by atoms with Gasteiger partial charge in [-0.15, -0.1) is 0 Å². The lowest BCUT2D eigenvalue weighted by molar-refractivity contribution is 0.103. The molecule has 2 N–H and O–H groups in total. The van der Waals surface area contributed by atoms with E-state index in [2.05, 4.69) is 17.8 Å². The summed E-state index contributed by atoms with van der Waals surface area (Å²) in [5.74, 6) is -0.150. The first kappa shape index (κ1) is 18.3. The summed E-state index contributed by atoms with van der Waals surface area (Å²) in [6.45, 7) is 7.54. The van der Waals surface area contributed by atoms with Gasteiger partial charge < -0.3 is 5.73 Å². The van der Waals surface area contributed by atoms with Gasteiger partial charge in [0, 0.05) is 16.8 Å². The van der Waals surface area contributed by atoms with E-state index in [1.807, 2.05) is 30.3 Å². The number of carbonyl (C=O) groups excluding carboxylic acids is 1. The van der Waals surface area contributed by atoms with Gasteiger partial charge in [-0.2, -0.15) is 5.26 Å². The van der Waals surface area contributed by atoms with Crippen molar-refractivity contribution < 1.29 is 4.79 Å². The van der Waals surface area contributed by atoms with E-state index < -0.39 is 0 Å². The fraction of sp³-hybridized carbons (Fsp3) is 0.190. The van der Waals surface area contributed by atoms with Crippen molar-refractivity contribution in [2.45, 2.75) is 20.3 Å². The van der Waals surface area contributed by atoms with Gasteiger partial charge in [0.25, 0.3) is 0 Å². The standard InChI is InChI=1S/C21H21N3O/c1-14(15(2)24-3)21(25)20-12-17(13-23)6-9-19(20)18-7-4-16(5-8-18)10-11-22/h4-9,12H,3,10-11,22H2,1-2H3/b15-14+. The van der Waals surface area contributed by atoms with Gasteiger partial charge in [0.05, 0.1) is 11.6 Å². The molecule has 0 aliphatic heterocycles. The normalized spacial score (nSPS) is 11.4.